The molecule has 0 heterocycles. The van der Waals surface area contributed by atoms with Crippen LogP contribution in [0, 0.1) is 0 Å². The average molecular weight is 250 g/mol. The molecule has 0 saturated carbocycles. The molecule has 0 aromatic heterocycles. The van der Waals surface area contributed by atoms with Crippen LogP contribution in [0.1, 0.15) is 13.8 Å². The van der Waals surface area contributed by atoms with Gasteiger partial charge in [0, 0.05) is 13.8 Å². The summed E-state index contributed by atoms with van der Waals surface area (Å²) in [5.74, 6) is -1.15. The van der Waals surface area contributed by atoms with E-state index >= 15 is 0 Å². The van der Waals surface area contributed by atoms with E-state index in [4.69, 9.17) is 9.47 Å². The Bertz CT molecular complexity index is 339. The number of ether oxygens (including phenoxy) is 2. The van der Waals surface area contributed by atoms with Crippen LogP contribution < -0.4 is 0 Å². The van der Waals surface area contributed by atoms with E-state index in [2.05, 4.69) is 26.3 Å². The van der Waals surface area contributed by atoms with Gasteiger partial charge in [-0.25, -0.2) is 0 Å². The van der Waals surface area contributed by atoms with E-state index in [0.29, 0.717) is 0 Å². The van der Waals surface area contributed by atoms with Crippen LogP contribution >= 0.6 is 0 Å². The number of hydrogen-bond acceptors (Lipinski definition) is 4. The van der Waals surface area contributed by atoms with Gasteiger partial charge in [0.15, 0.2) is 11.2 Å². The van der Waals surface area contributed by atoms with Gasteiger partial charge in [-0.3, -0.25) is 9.59 Å². The van der Waals surface area contributed by atoms with E-state index in [1.807, 2.05) is 0 Å². The summed E-state index contributed by atoms with van der Waals surface area (Å²) in [6, 6.07) is 0. The number of rotatable bonds is 7. The van der Waals surface area contributed by atoms with Gasteiger partial charge in [0.2, 0.25) is 0 Å². The van der Waals surface area contributed by atoms with Crippen molar-refractivity contribution in [1.29, 1.82) is 0 Å². The van der Waals surface area contributed by atoms with Crippen LogP contribution in [0.25, 0.3) is 0 Å². The highest BCUT2D eigenvalue weighted by Crippen LogP contribution is 2.35. The Kier molecular flexibility index (Phi) is 5.30. The normalized spacial score (nSPS) is 11.0. The van der Waals surface area contributed by atoms with Crippen LogP contribution in [0.3, 0.4) is 0 Å². The Morgan fingerprint density at radius 3 is 1.11 bits per heavy atom. The monoisotopic (exact) mass is 250 g/mol. The van der Waals surface area contributed by atoms with Crippen LogP contribution in [0.4, 0.5) is 0 Å². The summed E-state index contributed by atoms with van der Waals surface area (Å²) in [4.78, 5) is 22.4. The Balaban J connectivity index is 5.90. The Morgan fingerprint density at radius 2 is 1.00 bits per heavy atom. The highest BCUT2D eigenvalue weighted by molar-refractivity contribution is 5.70. The van der Waals surface area contributed by atoms with Gasteiger partial charge in [0.05, 0.1) is 0 Å². The first-order chi connectivity index (χ1) is 8.33. The van der Waals surface area contributed by atoms with Crippen LogP contribution in [0.5, 0.6) is 0 Å². The molecule has 98 valence electrons. The van der Waals surface area contributed by atoms with Gasteiger partial charge in [0.1, 0.15) is 0 Å². The minimum atomic E-state index is -1.45. The lowest BCUT2D eigenvalue weighted by atomic mass is 9.82. The Hall–Kier alpha value is -2.10. The first-order valence-corrected chi connectivity index (χ1v) is 5.26. The first-order valence-electron chi connectivity index (χ1n) is 5.26. The molecule has 0 aromatic carbocycles. The fraction of sp³-hybridized carbons (Fsp3) is 0.286. The molecule has 4 heteroatoms. The summed E-state index contributed by atoms with van der Waals surface area (Å²) in [7, 11) is 0. The largest absolute Gasteiger partial charge is 0.446 e. The second-order valence-corrected chi connectivity index (χ2v) is 3.59. The highest BCUT2D eigenvalue weighted by atomic mass is 16.6. The predicted octanol–water partition coefficient (Wildman–Crippen LogP) is 2.33. The molecule has 4 nitrogen and oxygen atoms in total. The molecule has 0 amide bonds. The Labute approximate surface area is 107 Å². The van der Waals surface area contributed by atoms with Gasteiger partial charge < -0.3 is 9.47 Å². The molecule has 0 fully saturated rings. The zero-order chi connectivity index (χ0) is 14.4. The van der Waals surface area contributed by atoms with Crippen LogP contribution in [0.2, 0.25) is 0 Å². The van der Waals surface area contributed by atoms with Crippen molar-refractivity contribution < 1.29 is 19.1 Å². The second-order valence-electron chi connectivity index (χ2n) is 3.59. The summed E-state index contributed by atoms with van der Waals surface area (Å²) in [5.41, 5.74) is -2.90. The molecule has 0 aliphatic heterocycles. The van der Waals surface area contributed by atoms with Crippen molar-refractivity contribution in [2.75, 3.05) is 0 Å². The van der Waals surface area contributed by atoms with E-state index in [-0.39, 0.29) is 0 Å². The van der Waals surface area contributed by atoms with E-state index in [1.54, 1.807) is 0 Å². The fourth-order valence-electron chi connectivity index (χ4n) is 1.61. The lowest BCUT2D eigenvalue weighted by Gasteiger charge is -2.41. The van der Waals surface area contributed by atoms with Crippen molar-refractivity contribution in [3.8, 4) is 0 Å². The molecular weight excluding hydrogens is 232 g/mol. The number of esters is 2. The third-order valence-corrected chi connectivity index (χ3v) is 2.45. The lowest BCUT2D eigenvalue weighted by Crippen LogP contribution is -2.54. The number of carbonyl (C=O) groups is 2. The molecule has 0 aliphatic rings. The van der Waals surface area contributed by atoms with E-state index in [1.165, 1.54) is 38.2 Å². The number of hydrogen-bond donors (Lipinski definition) is 0. The van der Waals surface area contributed by atoms with Crippen molar-refractivity contribution >= 4 is 11.9 Å². The van der Waals surface area contributed by atoms with Crippen LogP contribution in [0.15, 0.2) is 50.6 Å². The number of carbonyl (C=O) groups excluding carboxylic acids is 2. The molecule has 0 unspecified atom stereocenters. The fourth-order valence-corrected chi connectivity index (χ4v) is 1.61. The quantitative estimate of drug-likeness (QED) is 0.514. The zero-order valence-corrected chi connectivity index (χ0v) is 10.8. The summed E-state index contributed by atoms with van der Waals surface area (Å²) < 4.78 is 10.4. The minimum Gasteiger partial charge on any atom is -0.446 e. The summed E-state index contributed by atoms with van der Waals surface area (Å²) in [6.45, 7) is 16.8. The summed E-state index contributed by atoms with van der Waals surface area (Å²) in [5, 5.41) is 0. The smallest absolute Gasteiger partial charge is 0.303 e. The molecule has 0 saturated heterocycles. The third-order valence-electron chi connectivity index (χ3n) is 2.45. The molecule has 18 heavy (non-hydrogen) atoms. The van der Waals surface area contributed by atoms with Crippen LogP contribution in [-0.4, -0.2) is 23.1 Å². The highest BCUT2D eigenvalue weighted by Gasteiger charge is 2.49. The zero-order valence-electron chi connectivity index (χ0n) is 10.8. The van der Waals surface area contributed by atoms with E-state index in [9.17, 15) is 9.59 Å². The van der Waals surface area contributed by atoms with Crippen molar-refractivity contribution in [2.24, 2.45) is 0 Å². The van der Waals surface area contributed by atoms with Crippen molar-refractivity contribution in [2.45, 2.75) is 25.0 Å². The van der Waals surface area contributed by atoms with Crippen molar-refractivity contribution in [3.63, 3.8) is 0 Å². The topological polar surface area (TPSA) is 52.6 Å². The first kappa shape index (κ1) is 15.9. The minimum absolute atomic E-state index is 0.574. The molecule has 0 aromatic rings. The summed E-state index contributed by atoms with van der Waals surface area (Å²) in [6.07, 6.45) is 5.25. The molecule has 0 rings (SSSR count). The molecule has 0 atom stereocenters. The third kappa shape index (κ3) is 2.77. The van der Waals surface area contributed by atoms with Gasteiger partial charge in [-0.2, -0.15) is 0 Å². The molecule has 0 radical (unpaired) electrons. The van der Waals surface area contributed by atoms with Crippen molar-refractivity contribution in [1.82, 2.24) is 0 Å². The van der Waals surface area contributed by atoms with Gasteiger partial charge in [0.25, 0.3) is 0 Å². The molecule has 0 N–H and O–H groups in total. The van der Waals surface area contributed by atoms with Gasteiger partial charge >= 0.3 is 11.9 Å². The van der Waals surface area contributed by atoms with E-state index in [0.717, 1.165) is 0 Å². The Morgan fingerprint density at radius 1 is 0.778 bits per heavy atom. The lowest BCUT2D eigenvalue weighted by molar-refractivity contribution is -0.175. The summed E-state index contributed by atoms with van der Waals surface area (Å²) >= 11 is 0. The SMILES string of the molecule is C=CC(C=C)(OC(C)=O)C(C=C)(C=C)OC(C)=O. The maximum Gasteiger partial charge on any atom is 0.303 e. The molecular formula is C14H18O4. The average Bonchev–Trinajstić information content (AvgIpc) is 2.32. The maximum absolute atomic E-state index is 11.2. The molecule has 0 aliphatic carbocycles. The van der Waals surface area contributed by atoms with Crippen LogP contribution in [-0.2, 0) is 19.1 Å². The second kappa shape index (κ2) is 6.00. The molecule has 0 spiro atoms. The van der Waals surface area contributed by atoms with Gasteiger partial charge in [-0.15, -0.1) is 0 Å². The standard InChI is InChI=1S/C14H18O4/c1-7-13(8-2,17-11(5)15)14(9-3,10-4)18-12(6)16/h7-10H,1-4H2,5-6H3. The van der Waals surface area contributed by atoms with E-state index < -0.39 is 23.1 Å². The molecule has 0 bridgehead atoms. The predicted molar refractivity (Wildman–Crippen MR) is 69.8 cm³/mol. The van der Waals surface area contributed by atoms with Gasteiger partial charge in [-0.05, 0) is 24.3 Å². The maximum atomic E-state index is 11.2. The van der Waals surface area contributed by atoms with Crippen molar-refractivity contribution in [3.05, 3.63) is 50.6 Å². The van der Waals surface area contributed by atoms with Gasteiger partial charge in [-0.1, -0.05) is 26.3 Å².